The van der Waals surface area contributed by atoms with Crippen molar-refractivity contribution in [1.29, 1.82) is 0 Å². The molecule has 0 saturated carbocycles. The second kappa shape index (κ2) is 3.14. The summed E-state index contributed by atoms with van der Waals surface area (Å²) in [6.45, 7) is 0. The van der Waals surface area contributed by atoms with E-state index in [4.69, 9.17) is 0 Å². The van der Waals surface area contributed by atoms with Crippen LogP contribution in [0.5, 0.6) is 0 Å². The molecular weight excluding hydrogens is 186 g/mol. The zero-order chi connectivity index (χ0) is 9.26. The highest BCUT2D eigenvalue weighted by Gasteiger charge is 2.08. The van der Waals surface area contributed by atoms with E-state index in [2.05, 4.69) is 14.5 Å². The van der Waals surface area contributed by atoms with E-state index in [1.807, 2.05) is 25.1 Å². The van der Waals surface area contributed by atoms with Gasteiger partial charge in [0, 0.05) is 20.3 Å². The second-order valence-corrected chi connectivity index (χ2v) is 3.53. The van der Waals surface area contributed by atoms with Gasteiger partial charge in [-0.05, 0) is 17.6 Å². The molecule has 0 radical (unpaired) electrons. The Labute approximate surface area is 79.8 Å². The Balaban J connectivity index is 2.46. The van der Waals surface area contributed by atoms with Crippen molar-refractivity contribution < 1.29 is 0 Å². The summed E-state index contributed by atoms with van der Waals surface area (Å²) in [4.78, 5) is 6.04. The Morgan fingerprint density at radius 1 is 1.46 bits per heavy atom. The maximum atomic E-state index is 4.13. The predicted octanol–water partition coefficient (Wildman–Crippen LogP) is 0.790. The summed E-state index contributed by atoms with van der Waals surface area (Å²) in [5.41, 5.74) is 0. The van der Waals surface area contributed by atoms with Gasteiger partial charge in [-0.3, -0.25) is 0 Å². The molecule has 0 amide bonds. The van der Waals surface area contributed by atoms with Crippen LogP contribution in [0.3, 0.4) is 0 Å². The summed E-state index contributed by atoms with van der Waals surface area (Å²) in [5.74, 6) is 0.809. The van der Waals surface area contributed by atoms with Crippen LogP contribution in [0.2, 0.25) is 0 Å². The molecule has 0 aliphatic rings. The van der Waals surface area contributed by atoms with Crippen molar-refractivity contribution >= 4 is 17.5 Å². The third-order valence-electron chi connectivity index (χ3n) is 1.56. The first kappa shape index (κ1) is 8.18. The van der Waals surface area contributed by atoms with Gasteiger partial charge in [-0.2, -0.15) is 19.1 Å². The van der Waals surface area contributed by atoms with Crippen molar-refractivity contribution in [1.82, 2.24) is 19.1 Å². The zero-order valence-electron chi connectivity index (χ0n) is 7.38. The third kappa shape index (κ3) is 1.40. The topological polar surface area (TPSA) is 46.8 Å². The lowest BCUT2D eigenvalue weighted by Gasteiger charge is -2.10. The number of nitrogens with zero attached hydrogens (tertiary/aromatic N) is 5. The quantitative estimate of drug-likeness (QED) is 0.710. The normalized spacial score (nSPS) is 10.3. The Hall–Kier alpha value is -1.43. The molecule has 2 rings (SSSR count). The van der Waals surface area contributed by atoms with Gasteiger partial charge in [-0.1, -0.05) is 0 Å². The van der Waals surface area contributed by atoms with E-state index < -0.39 is 0 Å². The van der Waals surface area contributed by atoms with Crippen LogP contribution in [0.25, 0.3) is 5.00 Å². The maximum Gasteiger partial charge on any atom is 0.228 e. The van der Waals surface area contributed by atoms with Crippen LogP contribution in [0.15, 0.2) is 18.6 Å². The van der Waals surface area contributed by atoms with E-state index in [0.29, 0.717) is 0 Å². The van der Waals surface area contributed by atoms with Gasteiger partial charge >= 0.3 is 0 Å². The van der Waals surface area contributed by atoms with E-state index in [9.17, 15) is 0 Å². The molecule has 0 aromatic carbocycles. The summed E-state index contributed by atoms with van der Waals surface area (Å²) in [6.07, 6.45) is 3.29. The van der Waals surface area contributed by atoms with E-state index >= 15 is 0 Å². The molecule has 68 valence electrons. The summed E-state index contributed by atoms with van der Waals surface area (Å²) in [7, 11) is 3.86. The predicted molar refractivity (Wildman–Crippen MR) is 51.4 cm³/mol. The zero-order valence-corrected chi connectivity index (χ0v) is 8.19. The lowest BCUT2D eigenvalue weighted by Crippen LogP contribution is -2.14. The highest BCUT2D eigenvalue weighted by atomic mass is 32.1. The number of rotatable bonds is 2. The summed E-state index contributed by atoms with van der Waals surface area (Å²) in [5, 5.41) is 5.09. The average molecular weight is 195 g/mol. The van der Waals surface area contributed by atoms with Crippen molar-refractivity contribution in [2.45, 2.75) is 0 Å². The second-order valence-electron chi connectivity index (χ2n) is 2.72. The highest BCUT2D eigenvalue weighted by Crippen LogP contribution is 2.16. The summed E-state index contributed by atoms with van der Waals surface area (Å²) in [6, 6.07) is 1.91. The van der Waals surface area contributed by atoms with Gasteiger partial charge in [-0.15, -0.1) is 0 Å². The van der Waals surface area contributed by atoms with Gasteiger partial charge in [-0.25, -0.2) is 0 Å². The van der Waals surface area contributed by atoms with Gasteiger partial charge in [0.25, 0.3) is 0 Å². The monoisotopic (exact) mass is 195 g/mol. The van der Waals surface area contributed by atoms with E-state index in [0.717, 1.165) is 10.9 Å². The van der Waals surface area contributed by atoms with Crippen LogP contribution >= 0.6 is 11.5 Å². The molecule has 0 fully saturated rings. The molecule has 0 atom stereocenters. The molecule has 0 aliphatic carbocycles. The van der Waals surface area contributed by atoms with Crippen LogP contribution in [0.1, 0.15) is 0 Å². The molecule has 0 saturated heterocycles. The van der Waals surface area contributed by atoms with Crippen LogP contribution in [-0.2, 0) is 0 Å². The lowest BCUT2D eigenvalue weighted by molar-refractivity contribution is 0.863. The first-order valence-corrected chi connectivity index (χ1v) is 4.55. The molecule has 0 spiro atoms. The van der Waals surface area contributed by atoms with Gasteiger partial charge in [0.2, 0.25) is 5.95 Å². The largest absolute Gasteiger partial charge is 0.347 e. The molecule has 5 nitrogen and oxygen atoms in total. The first-order chi connectivity index (χ1) is 6.29. The fourth-order valence-electron chi connectivity index (χ4n) is 1.01. The van der Waals surface area contributed by atoms with Gasteiger partial charge in [0.1, 0.15) is 11.3 Å². The lowest BCUT2D eigenvalue weighted by atomic mass is 10.7. The smallest absolute Gasteiger partial charge is 0.228 e. The van der Waals surface area contributed by atoms with Gasteiger partial charge in [0.05, 0.1) is 0 Å². The molecule has 6 heteroatoms. The fourth-order valence-corrected chi connectivity index (χ4v) is 1.57. The van der Waals surface area contributed by atoms with Gasteiger partial charge in [0.15, 0.2) is 0 Å². The van der Waals surface area contributed by atoms with E-state index in [1.165, 1.54) is 17.9 Å². The SMILES string of the molecule is CN(C)c1ncnn1-c1ccns1. The van der Waals surface area contributed by atoms with Crippen LogP contribution in [-0.4, -0.2) is 33.2 Å². The van der Waals surface area contributed by atoms with Crippen molar-refractivity contribution in [2.75, 3.05) is 19.0 Å². The van der Waals surface area contributed by atoms with E-state index in [-0.39, 0.29) is 0 Å². The average Bonchev–Trinajstić information content (AvgIpc) is 2.74. The Kier molecular flexibility index (Phi) is 1.97. The molecule has 2 aromatic rings. The minimum Gasteiger partial charge on any atom is -0.347 e. The minimum atomic E-state index is 0.809. The van der Waals surface area contributed by atoms with Crippen molar-refractivity contribution in [3.8, 4) is 5.00 Å². The Morgan fingerprint density at radius 3 is 2.92 bits per heavy atom. The highest BCUT2D eigenvalue weighted by molar-refractivity contribution is 7.08. The fraction of sp³-hybridized carbons (Fsp3) is 0.286. The van der Waals surface area contributed by atoms with Crippen LogP contribution in [0, 0.1) is 0 Å². The third-order valence-corrected chi connectivity index (χ3v) is 2.29. The van der Waals surface area contributed by atoms with Crippen LogP contribution < -0.4 is 4.90 Å². The number of anilines is 1. The Bertz CT molecular complexity index is 377. The molecule has 0 N–H and O–H groups in total. The van der Waals surface area contributed by atoms with Crippen molar-refractivity contribution in [3.63, 3.8) is 0 Å². The van der Waals surface area contributed by atoms with E-state index in [1.54, 1.807) is 10.9 Å². The van der Waals surface area contributed by atoms with Gasteiger partial charge < -0.3 is 4.90 Å². The molecule has 0 aliphatic heterocycles. The maximum absolute atomic E-state index is 4.13. The van der Waals surface area contributed by atoms with Crippen molar-refractivity contribution in [2.24, 2.45) is 0 Å². The Morgan fingerprint density at radius 2 is 2.31 bits per heavy atom. The molecule has 0 unspecified atom stereocenters. The molecule has 13 heavy (non-hydrogen) atoms. The minimum absolute atomic E-state index is 0.809. The first-order valence-electron chi connectivity index (χ1n) is 3.77. The number of hydrogen-bond acceptors (Lipinski definition) is 5. The standard InChI is InChI=1S/C7H9N5S/c1-11(2)7-8-5-9-12(7)6-3-4-10-13-6/h3-5H,1-2H3. The number of hydrogen-bond donors (Lipinski definition) is 0. The number of aromatic nitrogens is 4. The molecule has 2 heterocycles. The van der Waals surface area contributed by atoms with Crippen LogP contribution in [0.4, 0.5) is 5.95 Å². The molecular formula is C7H9N5S. The summed E-state index contributed by atoms with van der Waals surface area (Å²) >= 11 is 1.40. The molecule has 2 aromatic heterocycles. The molecule has 0 bridgehead atoms. The van der Waals surface area contributed by atoms with Crippen molar-refractivity contribution in [3.05, 3.63) is 18.6 Å². The summed E-state index contributed by atoms with van der Waals surface area (Å²) < 4.78 is 5.77.